The van der Waals surface area contributed by atoms with Gasteiger partial charge in [-0.3, -0.25) is 9.80 Å². The van der Waals surface area contributed by atoms with Gasteiger partial charge in [0.05, 0.1) is 66.6 Å². The molecule has 0 aliphatic carbocycles. The maximum atomic E-state index is 14.0. The summed E-state index contributed by atoms with van der Waals surface area (Å²) >= 11 is 0. The number of hydrogen-bond donors (Lipinski definition) is 7. The van der Waals surface area contributed by atoms with Crippen LogP contribution in [0.15, 0.2) is 171 Å². The van der Waals surface area contributed by atoms with Crippen molar-refractivity contribution < 1.29 is 54.8 Å². The molecule has 3 unspecified atom stereocenters. The van der Waals surface area contributed by atoms with Crippen molar-refractivity contribution in [2.75, 3.05) is 153 Å². The summed E-state index contributed by atoms with van der Waals surface area (Å²) < 4.78 is 127. The molecule has 5 aliphatic rings. The number of anilines is 12. The number of halogens is 9. The van der Waals surface area contributed by atoms with Crippen LogP contribution < -0.4 is 40.9 Å². The van der Waals surface area contributed by atoms with E-state index in [0.717, 1.165) is 170 Å². The van der Waals surface area contributed by atoms with Crippen LogP contribution in [0.3, 0.4) is 0 Å². The van der Waals surface area contributed by atoms with E-state index in [2.05, 4.69) is 123 Å². The van der Waals surface area contributed by atoms with Crippen molar-refractivity contribution >= 4 is 69.3 Å². The van der Waals surface area contributed by atoms with Crippen LogP contribution >= 0.6 is 0 Å². The van der Waals surface area contributed by atoms with Gasteiger partial charge in [-0.05, 0) is 225 Å². The lowest BCUT2D eigenvalue weighted by Gasteiger charge is -2.45. The number of likely N-dealkylation sites (tertiary alicyclic amines) is 1. The summed E-state index contributed by atoms with van der Waals surface area (Å²) in [5.74, 6) is -4.19. The summed E-state index contributed by atoms with van der Waals surface area (Å²) in [4.78, 5) is 32.2. The third-order valence-electron chi connectivity index (χ3n) is 21.6. The average Bonchev–Trinajstić information content (AvgIpc) is 0.967. The molecule has 5 saturated heterocycles. The number of aryl methyl sites for hydroxylation is 4. The Bertz CT molecular complexity index is 5660. The first-order valence-electron chi connectivity index (χ1n) is 40.6. The van der Waals surface area contributed by atoms with Gasteiger partial charge >= 0.3 is 0 Å². The molecular weight excluding hydrogens is 1610 g/mol. The van der Waals surface area contributed by atoms with Gasteiger partial charge in [-0.25, -0.2) is 58.2 Å². The van der Waals surface area contributed by atoms with Crippen LogP contribution in [0.4, 0.5) is 109 Å². The number of hydrogen-bond acceptors (Lipinski definition) is 23. The third-order valence-corrected chi connectivity index (χ3v) is 21.6. The molecule has 17 rings (SSSR count). The van der Waals surface area contributed by atoms with Gasteiger partial charge in [-0.2, -0.15) is 25.2 Å². The molecule has 4 aromatic heterocycles. The van der Waals surface area contributed by atoms with Crippen LogP contribution in [0.1, 0.15) is 54.9 Å². The van der Waals surface area contributed by atoms with Crippen molar-refractivity contribution in [3.05, 3.63) is 240 Å². The molecule has 0 saturated carbocycles. The molecular formula is C88H97F9N24O3. The largest absolute Gasteiger partial charge is 0.395 e. The second-order valence-corrected chi connectivity index (χ2v) is 32.7. The van der Waals surface area contributed by atoms with Gasteiger partial charge in [0.25, 0.3) is 0 Å². The van der Waals surface area contributed by atoms with Crippen LogP contribution in [0.5, 0.6) is 0 Å². The van der Waals surface area contributed by atoms with Gasteiger partial charge in [-0.1, -0.05) is 0 Å². The summed E-state index contributed by atoms with van der Waals surface area (Å²) in [6.45, 7) is 19.2. The van der Waals surface area contributed by atoms with Gasteiger partial charge in [0.1, 0.15) is 71.8 Å². The van der Waals surface area contributed by atoms with Crippen molar-refractivity contribution in [1.82, 2.24) is 73.8 Å². The van der Waals surface area contributed by atoms with E-state index in [1.807, 2.05) is 100 Å². The highest BCUT2D eigenvalue weighted by Crippen LogP contribution is 2.38. The summed E-state index contributed by atoms with van der Waals surface area (Å²) in [6.07, 6.45) is 9.74. The lowest BCUT2D eigenvalue weighted by molar-refractivity contribution is 0.0445. The Balaban J connectivity index is 0.000000135. The molecule has 36 heteroatoms. The first-order chi connectivity index (χ1) is 59.4. The molecule has 5 fully saturated rings. The fourth-order valence-corrected chi connectivity index (χ4v) is 15.9. The van der Waals surface area contributed by atoms with Gasteiger partial charge in [-0.15, -0.1) is 20.4 Å². The minimum Gasteiger partial charge on any atom is -0.395 e. The second kappa shape index (κ2) is 38.4. The van der Waals surface area contributed by atoms with E-state index in [9.17, 15) is 55.0 Å². The molecule has 124 heavy (non-hydrogen) atoms. The monoisotopic (exact) mass is 1710 g/mol. The molecule has 0 radical (unpaired) electrons. The first-order valence-corrected chi connectivity index (χ1v) is 40.6. The van der Waals surface area contributed by atoms with E-state index in [4.69, 9.17) is 5.11 Å². The van der Waals surface area contributed by atoms with Gasteiger partial charge in [0, 0.05) is 147 Å². The van der Waals surface area contributed by atoms with E-state index in [1.165, 1.54) is 80.4 Å². The number of nitriles is 1. The summed E-state index contributed by atoms with van der Waals surface area (Å²) in [7, 11) is 3.93. The molecule has 0 spiro atoms. The molecule has 0 amide bonds. The zero-order valence-corrected chi connectivity index (χ0v) is 69.5. The Hall–Kier alpha value is -12.7. The Kier molecular flexibility index (Phi) is 27.2. The SMILES string of the molecule is Cc1cc(Nc2ncn(-c3cc(F)cc(F)c3)n2)cc(N2CC(C)(C#N)C2)c1.Cc1cc(Nc2ncn(-c3cc(F)cc(F)c3)n2)cc(N2CC(F)(CO)C2)c1.Cc1cc(Nc2ncn(-c3cc(F)cc(F)c3)n2)cc(N2CCCC2CN2CCCC2CO)c1.Cc1cc(Nc2ncn(-c3cc(F)cc(F)c3)n2)cc(N2CCN(CC(O)CN(C)C)CC2)c1. The molecule has 12 aromatic rings. The molecule has 27 nitrogen and oxygen atoms in total. The Morgan fingerprint density at radius 1 is 0.435 bits per heavy atom. The van der Waals surface area contributed by atoms with Crippen molar-refractivity contribution in [3.63, 3.8) is 0 Å². The normalized spacial score (nSPS) is 16.9. The van der Waals surface area contributed by atoms with Crippen molar-refractivity contribution in [1.29, 1.82) is 5.26 Å². The highest BCUT2D eigenvalue weighted by Gasteiger charge is 2.44. The van der Waals surface area contributed by atoms with E-state index < -0.39 is 58.8 Å². The lowest BCUT2D eigenvalue weighted by Crippen LogP contribution is -2.61. The fourth-order valence-electron chi connectivity index (χ4n) is 15.9. The van der Waals surface area contributed by atoms with Gasteiger partial charge in [0.2, 0.25) is 23.8 Å². The van der Waals surface area contributed by atoms with Crippen molar-refractivity contribution in [2.45, 2.75) is 84.2 Å². The number of aliphatic hydroxyl groups excluding tert-OH is 3. The highest BCUT2D eigenvalue weighted by molar-refractivity contribution is 5.69. The van der Waals surface area contributed by atoms with Crippen molar-refractivity contribution in [2.24, 2.45) is 5.41 Å². The number of alkyl halides is 1. The average molecular weight is 1710 g/mol. The predicted octanol–water partition coefficient (Wildman–Crippen LogP) is 13.7. The van der Waals surface area contributed by atoms with E-state index in [1.54, 1.807) is 0 Å². The molecule has 9 heterocycles. The van der Waals surface area contributed by atoms with Crippen LogP contribution in [-0.2, 0) is 0 Å². The number of β-amino-alcohol motifs (C(OH)–C–C–N with tert-alkyl or cyclic N) is 1. The maximum Gasteiger partial charge on any atom is 0.246 e. The van der Waals surface area contributed by atoms with Crippen LogP contribution in [-0.4, -0.2) is 225 Å². The van der Waals surface area contributed by atoms with Gasteiger partial charge in [0.15, 0.2) is 5.67 Å². The van der Waals surface area contributed by atoms with E-state index in [0.29, 0.717) is 55.8 Å². The van der Waals surface area contributed by atoms with E-state index in [-0.39, 0.29) is 66.0 Å². The third kappa shape index (κ3) is 22.8. The minimum atomic E-state index is -1.56. The van der Waals surface area contributed by atoms with Crippen LogP contribution in [0.25, 0.3) is 22.7 Å². The zero-order chi connectivity index (χ0) is 87.7. The zero-order valence-electron chi connectivity index (χ0n) is 69.5. The predicted molar refractivity (Wildman–Crippen MR) is 457 cm³/mol. The number of rotatable bonds is 24. The topological polar surface area (TPSA) is 278 Å². The van der Waals surface area contributed by atoms with E-state index >= 15 is 0 Å². The Labute approximate surface area is 711 Å². The smallest absolute Gasteiger partial charge is 0.246 e. The van der Waals surface area contributed by atoms with Crippen LogP contribution in [0, 0.1) is 91.0 Å². The summed E-state index contributed by atoms with van der Waals surface area (Å²) in [5, 5.41) is 67.8. The summed E-state index contributed by atoms with van der Waals surface area (Å²) in [5.41, 5.74) is 10.6. The Morgan fingerprint density at radius 3 is 1.13 bits per heavy atom. The number of nitrogens with zero attached hydrogens (tertiary/aromatic N) is 20. The number of aromatic nitrogens is 12. The molecule has 650 valence electrons. The number of aliphatic hydroxyl groups is 3. The first kappa shape index (κ1) is 87.7. The highest BCUT2D eigenvalue weighted by atomic mass is 19.2. The standard InChI is InChI=1S/C25H30F2N6O.C24H31F2N7O.C20H18F2N6.C19H18F3N5O/c1-17-8-20(29-25-28-16-33(30-25)24-11-18(26)10-19(27)12-24)13-23(9-17)32-7-3-4-21(32)14-31-6-2-5-22(31)15-34;1-17-8-20(28-24-27-16-33(29-24)22-11-18(25)10-19(26)12-22)13-21(9-17)32-6-4-31(5-7-32)15-23(34)14-30(2)3;1-13-3-16(8-17(4-13)27-10-20(2,9-23)11-27)25-19-24-12-28(26-19)18-6-14(21)5-15(22)7-18;1-12-2-15(7-16(3-12)26-8-19(22,9-26)10-28)24-18-23-11-27(25-18)17-5-13(20)4-14(21)6-17/h8-13,16,21-22,34H,2-7,14-15H2,1H3,(H,29,30);8-13,16,23,34H,4-7,14-15H2,1-3H3,(H,28,29);3-8,12H,10-11H2,1-2H3,(H,25,26);2-7,11,28H,8-10H2,1H3,(H,24,25). The number of nitrogens with one attached hydrogen (secondary N) is 4. The molecule has 5 aliphatic heterocycles. The lowest BCUT2D eigenvalue weighted by atomic mass is 9.83. The number of benzene rings is 8. The quantitative estimate of drug-likeness (QED) is 0.0277. The van der Waals surface area contributed by atoms with Crippen LogP contribution in [0.2, 0.25) is 0 Å². The number of piperazine rings is 1. The fraction of sp³-hybridized carbons (Fsp3) is 0.352. The molecule has 8 aromatic carbocycles. The molecule has 0 bridgehead atoms. The number of likely N-dealkylation sites (N-methyl/N-ethyl adjacent to an activating group) is 1. The second-order valence-electron chi connectivity index (χ2n) is 32.7. The Morgan fingerprint density at radius 2 is 0.774 bits per heavy atom. The molecule has 7 N–H and O–H groups in total. The summed E-state index contributed by atoms with van der Waals surface area (Å²) in [6, 6.07) is 39.9. The minimum absolute atomic E-state index is 0.129. The van der Waals surface area contributed by atoms with Gasteiger partial charge < -0.3 is 61.1 Å². The van der Waals surface area contributed by atoms with Crippen molar-refractivity contribution in [3.8, 4) is 28.8 Å². The maximum absolute atomic E-state index is 14.0. The molecule has 3 atom stereocenters.